The molecular formula is C40H67O11P. The van der Waals surface area contributed by atoms with Crippen molar-refractivity contribution in [1.82, 2.24) is 0 Å². The summed E-state index contributed by atoms with van der Waals surface area (Å²) >= 11 is 0. The number of aliphatic hydroxyl groups excluding tert-OH is 3. The molecule has 0 aromatic heterocycles. The van der Waals surface area contributed by atoms with Crippen molar-refractivity contribution >= 4 is 19.8 Å². The number of carbonyl (C=O) groups excluding carboxylic acids is 2. The third-order valence-electron chi connectivity index (χ3n) is 7.42. The van der Waals surface area contributed by atoms with Gasteiger partial charge in [-0.05, 0) is 50.9 Å². The minimum atomic E-state index is -4.67. The molecule has 0 bridgehead atoms. The van der Waals surface area contributed by atoms with Gasteiger partial charge in [-0.3, -0.25) is 18.6 Å². The fourth-order valence-corrected chi connectivity index (χ4v) is 5.25. The van der Waals surface area contributed by atoms with E-state index in [0.717, 1.165) is 57.8 Å². The number of carbonyl (C=O) groups is 2. The van der Waals surface area contributed by atoms with Crippen LogP contribution in [0.1, 0.15) is 117 Å². The molecule has 12 heteroatoms. The third-order valence-corrected chi connectivity index (χ3v) is 8.37. The molecule has 0 fully saturated rings. The van der Waals surface area contributed by atoms with Gasteiger partial charge in [0, 0.05) is 12.8 Å². The van der Waals surface area contributed by atoms with Crippen molar-refractivity contribution in [3.05, 3.63) is 72.9 Å². The number of allylic oxidation sites excluding steroid dienone is 11. The Kier molecular flexibility index (Phi) is 32.4. The quantitative estimate of drug-likeness (QED) is 0.0168. The summed E-state index contributed by atoms with van der Waals surface area (Å²) < 4.78 is 32.3. The fourth-order valence-electron chi connectivity index (χ4n) is 4.46. The molecule has 0 aliphatic carbocycles. The monoisotopic (exact) mass is 754 g/mol. The normalized spacial score (nSPS) is 15.5. The van der Waals surface area contributed by atoms with E-state index >= 15 is 0 Å². The molecule has 0 heterocycles. The number of ether oxygens (including phenoxy) is 2. The van der Waals surface area contributed by atoms with Gasteiger partial charge in [0.05, 0.1) is 25.9 Å². The number of rotatable bonds is 33. The highest BCUT2D eigenvalue weighted by molar-refractivity contribution is 7.47. The Morgan fingerprint density at radius 3 is 1.83 bits per heavy atom. The van der Waals surface area contributed by atoms with E-state index in [0.29, 0.717) is 12.3 Å². The third kappa shape index (κ3) is 34.5. The first-order chi connectivity index (χ1) is 25.0. The van der Waals surface area contributed by atoms with Crippen molar-refractivity contribution in [2.45, 2.75) is 135 Å². The number of esters is 2. The molecule has 4 N–H and O–H groups in total. The molecule has 0 aliphatic heterocycles. The lowest BCUT2D eigenvalue weighted by atomic mass is 10.0. The largest absolute Gasteiger partial charge is 0.472 e. The van der Waals surface area contributed by atoms with Gasteiger partial charge in [0.25, 0.3) is 0 Å². The van der Waals surface area contributed by atoms with E-state index in [1.165, 1.54) is 12.8 Å². The lowest BCUT2D eigenvalue weighted by molar-refractivity contribution is -0.161. The molecule has 0 saturated heterocycles. The van der Waals surface area contributed by atoms with Gasteiger partial charge < -0.3 is 29.7 Å². The highest BCUT2D eigenvalue weighted by Gasteiger charge is 2.27. The van der Waals surface area contributed by atoms with Gasteiger partial charge in [0.2, 0.25) is 0 Å². The first-order valence-electron chi connectivity index (χ1n) is 18.9. The first-order valence-corrected chi connectivity index (χ1v) is 20.4. The summed E-state index contributed by atoms with van der Waals surface area (Å²) in [6.07, 6.45) is 32.5. The van der Waals surface area contributed by atoms with Crippen LogP contribution in [0.15, 0.2) is 72.9 Å². The number of hydrogen-bond acceptors (Lipinski definition) is 10. The van der Waals surface area contributed by atoms with Gasteiger partial charge >= 0.3 is 19.8 Å². The Bertz CT molecular complexity index is 1130. The maximum atomic E-state index is 12.5. The van der Waals surface area contributed by atoms with Crippen LogP contribution in [0, 0.1) is 5.92 Å². The molecule has 0 amide bonds. The molecule has 0 aromatic rings. The van der Waals surface area contributed by atoms with Crippen LogP contribution in [0.2, 0.25) is 0 Å². The van der Waals surface area contributed by atoms with E-state index in [1.54, 1.807) is 12.2 Å². The maximum Gasteiger partial charge on any atom is 0.472 e. The van der Waals surface area contributed by atoms with Crippen molar-refractivity contribution in [3.63, 3.8) is 0 Å². The molecule has 0 rings (SSSR count). The molecule has 0 spiro atoms. The summed E-state index contributed by atoms with van der Waals surface area (Å²) in [5.41, 5.74) is 0. The van der Waals surface area contributed by atoms with Crippen LogP contribution in [0.4, 0.5) is 0 Å². The lowest BCUT2D eigenvalue weighted by Gasteiger charge is -2.20. The minimum absolute atomic E-state index is 0.103. The van der Waals surface area contributed by atoms with Crippen LogP contribution in [0.3, 0.4) is 0 Å². The Labute approximate surface area is 312 Å². The van der Waals surface area contributed by atoms with Crippen molar-refractivity contribution in [2.75, 3.05) is 26.4 Å². The first kappa shape index (κ1) is 49.4. The predicted molar refractivity (Wildman–Crippen MR) is 206 cm³/mol. The number of hydrogen-bond donors (Lipinski definition) is 4. The van der Waals surface area contributed by atoms with E-state index in [1.807, 2.05) is 12.2 Å². The Hall–Kier alpha value is -2.63. The standard InChI is InChI=1S/C40H67O11P/c1-4-5-6-7-8-9-10-11-12-13-14-15-16-17-21-24-27-36(42)29-30-39(44)48-33-38(34-50-52(46,47)49-32-37(43)31-41)51-40(45)28-25-22-19-18-20-23-26-35(2)3/h5-6,8-9,11-12,14-15,17,21,24,27,35-38,41-43H,4,7,10,13,16,18-20,22-23,25-26,28-34H2,1-3H3,(H,46,47)/b6-5-,9-8-,12-11-,15-14-,21-17-,27-24-/t36?,37-,38+/m0/s1. The minimum Gasteiger partial charge on any atom is -0.462 e. The van der Waals surface area contributed by atoms with Crippen LogP contribution in [0.5, 0.6) is 0 Å². The number of phosphoric ester groups is 1. The van der Waals surface area contributed by atoms with Gasteiger partial charge in [-0.25, -0.2) is 4.57 Å². The molecule has 4 atom stereocenters. The van der Waals surface area contributed by atoms with E-state index in [9.17, 15) is 29.3 Å². The van der Waals surface area contributed by atoms with Crippen molar-refractivity contribution in [3.8, 4) is 0 Å². The Morgan fingerprint density at radius 2 is 1.23 bits per heavy atom. The molecule has 298 valence electrons. The van der Waals surface area contributed by atoms with Crippen molar-refractivity contribution in [2.24, 2.45) is 5.92 Å². The Balaban J connectivity index is 4.60. The van der Waals surface area contributed by atoms with Gasteiger partial charge in [-0.2, -0.15) is 0 Å². The van der Waals surface area contributed by atoms with Crippen LogP contribution in [-0.4, -0.2) is 76.9 Å². The average molecular weight is 755 g/mol. The maximum absolute atomic E-state index is 12.5. The van der Waals surface area contributed by atoms with E-state index in [2.05, 4.69) is 73.9 Å². The van der Waals surface area contributed by atoms with Crippen molar-refractivity contribution < 1.29 is 52.9 Å². The summed E-state index contributed by atoms with van der Waals surface area (Å²) in [6, 6.07) is 0. The molecule has 0 aliphatic rings. The number of aliphatic hydroxyl groups is 3. The van der Waals surface area contributed by atoms with Gasteiger partial charge in [-0.15, -0.1) is 0 Å². The van der Waals surface area contributed by atoms with Crippen LogP contribution in [-0.2, 0) is 32.7 Å². The summed E-state index contributed by atoms with van der Waals surface area (Å²) in [5, 5.41) is 28.5. The van der Waals surface area contributed by atoms with Crippen molar-refractivity contribution in [1.29, 1.82) is 0 Å². The number of phosphoric acid groups is 1. The second kappa shape index (κ2) is 34.2. The molecule has 2 unspecified atom stereocenters. The Morgan fingerprint density at radius 1 is 0.673 bits per heavy atom. The van der Waals surface area contributed by atoms with E-state index in [4.69, 9.17) is 19.1 Å². The molecule has 0 aromatic carbocycles. The second-order valence-corrected chi connectivity index (χ2v) is 14.4. The summed E-state index contributed by atoms with van der Waals surface area (Å²) in [4.78, 5) is 34.8. The highest BCUT2D eigenvalue weighted by Crippen LogP contribution is 2.43. The van der Waals surface area contributed by atoms with Crippen LogP contribution < -0.4 is 0 Å². The second-order valence-electron chi connectivity index (χ2n) is 12.9. The molecule has 0 saturated carbocycles. The zero-order valence-electron chi connectivity index (χ0n) is 31.8. The van der Waals surface area contributed by atoms with E-state index in [-0.39, 0.29) is 19.3 Å². The summed E-state index contributed by atoms with van der Waals surface area (Å²) in [6.45, 7) is 4.15. The van der Waals surface area contributed by atoms with E-state index < -0.39 is 64.5 Å². The highest BCUT2D eigenvalue weighted by atomic mass is 31.2. The molecule has 52 heavy (non-hydrogen) atoms. The van der Waals surface area contributed by atoms with Crippen LogP contribution in [0.25, 0.3) is 0 Å². The fraction of sp³-hybridized carbons (Fsp3) is 0.650. The topological polar surface area (TPSA) is 169 Å². The average Bonchev–Trinajstić information content (AvgIpc) is 3.11. The van der Waals surface area contributed by atoms with Crippen LogP contribution >= 0.6 is 7.82 Å². The zero-order valence-corrected chi connectivity index (χ0v) is 32.7. The van der Waals surface area contributed by atoms with Gasteiger partial charge in [-0.1, -0.05) is 132 Å². The van der Waals surface area contributed by atoms with Gasteiger partial charge in [0.15, 0.2) is 6.10 Å². The zero-order chi connectivity index (χ0) is 38.7. The van der Waals surface area contributed by atoms with Gasteiger partial charge in [0.1, 0.15) is 12.7 Å². The smallest absolute Gasteiger partial charge is 0.462 e. The predicted octanol–water partition coefficient (Wildman–Crippen LogP) is 8.15. The number of unbranched alkanes of at least 4 members (excludes halogenated alkanes) is 5. The SMILES string of the molecule is CC/C=C\C/C=C\C/C=C\C/C=C\C/C=C\C=C/C(O)CCC(=O)OC[C@H](COP(=O)(O)OC[C@@H](O)CO)OC(=O)CCCCCCCCC(C)C. The summed E-state index contributed by atoms with van der Waals surface area (Å²) in [7, 11) is -4.67. The molecule has 11 nitrogen and oxygen atoms in total. The lowest BCUT2D eigenvalue weighted by Crippen LogP contribution is -2.30. The summed E-state index contributed by atoms with van der Waals surface area (Å²) in [5.74, 6) is -0.529. The molecular weight excluding hydrogens is 687 g/mol. The molecule has 0 radical (unpaired) electrons.